The Bertz CT molecular complexity index is 135. The minimum absolute atomic E-state index is 0.395. The molecule has 60 valence electrons. The van der Waals surface area contributed by atoms with Gasteiger partial charge in [-0.2, -0.15) is 0 Å². The Hall–Kier alpha value is -0.560. The maximum atomic E-state index is 3.19. The standard InChI is InChI=1S/C10H15N/c1-2-3-8-11-9-10-6-4-5-7-10/h4-7,10-11H,2-3,8H2,1H3. The van der Waals surface area contributed by atoms with Crippen molar-refractivity contribution in [1.82, 2.24) is 5.32 Å². The highest BCUT2D eigenvalue weighted by Crippen LogP contribution is 2.09. The predicted molar refractivity (Wildman–Crippen MR) is 47.9 cm³/mol. The minimum Gasteiger partial charge on any atom is -0.307 e. The van der Waals surface area contributed by atoms with E-state index in [4.69, 9.17) is 0 Å². The fourth-order valence-corrected chi connectivity index (χ4v) is 0.983. The first-order valence-electron chi connectivity index (χ1n) is 4.27. The molecule has 1 N–H and O–H groups in total. The molecule has 1 nitrogen and oxygen atoms in total. The van der Waals surface area contributed by atoms with Crippen molar-refractivity contribution in [2.24, 2.45) is 5.92 Å². The van der Waals surface area contributed by atoms with Crippen LogP contribution in [0.1, 0.15) is 19.8 Å². The van der Waals surface area contributed by atoms with Gasteiger partial charge in [-0.25, -0.2) is 0 Å². The molecule has 0 unspecified atom stereocenters. The maximum absolute atomic E-state index is 3.19. The van der Waals surface area contributed by atoms with E-state index in [1.807, 2.05) is 0 Å². The van der Waals surface area contributed by atoms with Gasteiger partial charge in [-0.3, -0.25) is 0 Å². The molecular formula is C10H15N. The van der Waals surface area contributed by atoms with Gasteiger partial charge in [-0.05, 0) is 13.0 Å². The van der Waals surface area contributed by atoms with Gasteiger partial charge >= 0.3 is 0 Å². The van der Waals surface area contributed by atoms with Crippen molar-refractivity contribution >= 4 is 0 Å². The number of rotatable bonds is 5. The summed E-state index contributed by atoms with van der Waals surface area (Å²) in [4.78, 5) is 0. The smallest absolute Gasteiger partial charge is 0.0703 e. The average Bonchev–Trinajstić information content (AvgIpc) is 2.50. The van der Waals surface area contributed by atoms with Crippen LogP contribution in [0.5, 0.6) is 0 Å². The molecule has 11 heavy (non-hydrogen) atoms. The zero-order valence-electron chi connectivity index (χ0n) is 7.01. The van der Waals surface area contributed by atoms with Crippen molar-refractivity contribution < 1.29 is 0 Å². The molecule has 2 radical (unpaired) electrons. The molecular weight excluding hydrogens is 134 g/mol. The Labute approximate surface area is 69.2 Å². The molecule has 0 spiro atoms. The molecule has 0 heterocycles. The molecule has 0 saturated heterocycles. The topological polar surface area (TPSA) is 12.0 Å². The van der Waals surface area contributed by atoms with E-state index in [1.54, 1.807) is 0 Å². The zero-order valence-corrected chi connectivity index (χ0v) is 7.01. The third kappa shape index (κ3) is 3.38. The summed E-state index contributed by atoms with van der Waals surface area (Å²) in [5.74, 6) is 0.395. The molecule has 1 aliphatic carbocycles. The number of unbranched alkanes of at least 4 members (excludes halogenated alkanes) is 1. The van der Waals surface area contributed by atoms with Gasteiger partial charge < -0.3 is 5.32 Å². The highest BCUT2D eigenvalue weighted by molar-refractivity contribution is 5.20. The predicted octanol–water partition coefficient (Wildman–Crippen LogP) is 2.16. The van der Waals surface area contributed by atoms with Gasteiger partial charge in [-0.15, -0.1) is 0 Å². The van der Waals surface area contributed by atoms with Gasteiger partial charge in [-0.1, -0.05) is 37.6 Å². The van der Waals surface area contributed by atoms with E-state index in [0.29, 0.717) is 5.92 Å². The first-order valence-corrected chi connectivity index (χ1v) is 4.27. The molecule has 0 aromatic heterocycles. The quantitative estimate of drug-likeness (QED) is 0.466. The maximum Gasteiger partial charge on any atom is 0.0703 e. The zero-order chi connectivity index (χ0) is 7.94. The van der Waals surface area contributed by atoms with Crippen molar-refractivity contribution in [2.75, 3.05) is 6.54 Å². The highest BCUT2D eigenvalue weighted by atomic mass is 14.8. The van der Waals surface area contributed by atoms with Crippen molar-refractivity contribution in [3.05, 3.63) is 30.8 Å². The lowest BCUT2D eigenvalue weighted by Gasteiger charge is -2.04. The summed E-state index contributed by atoms with van der Waals surface area (Å²) < 4.78 is 0. The molecule has 0 aromatic carbocycles. The molecule has 0 amide bonds. The van der Waals surface area contributed by atoms with Crippen LogP contribution in [0.4, 0.5) is 0 Å². The van der Waals surface area contributed by atoms with Gasteiger partial charge in [0.25, 0.3) is 0 Å². The highest BCUT2D eigenvalue weighted by Gasteiger charge is 2.02. The van der Waals surface area contributed by atoms with Crippen LogP contribution in [-0.4, -0.2) is 6.54 Å². The van der Waals surface area contributed by atoms with Crippen LogP contribution in [0.2, 0.25) is 0 Å². The largest absolute Gasteiger partial charge is 0.307 e. The van der Waals surface area contributed by atoms with Crippen LogP contribution < -0.4 is 5.32 Å². The Morgan fingerprint density at radius 1 is 1.36 bits per heavy atom. The van der Waals surface area contributed by atoms with Gasteiger partial charge in [0.05, 0.1) is 6.54 Å². The monoisotopic (exact) mass is 149 g/mol. The first kappa shape index (κ1) is 8.54. The second-order valence-corrected chi connectivity index (χ2v) is 2.72. The lowest BCUT2D eigenvalue weighted by Crippen LogP contribution is -2.15. The summed E-state index contributed by atoms with van der Waals surface area (Å²) in [6, 6.07) is 0. The Balaban J connectivity index is 1.95. The van der Waals surface area contributed by atoms with Crippen molar-refractivity contribution in [3.63, 3.8) is 0 Å². The SMILES string of the molecule is CCCCN[C]C1C=CC=C1. The lowest BCUT2D eigenvalue weighted by molar-refractivity contribution is 0.670. The van der Waals surface area contributed by atoms with E-state index in [2.05, 4.69) is 43.1 Å². The van der Waals surface area contributed by atoms with Crippen LogP contribution in [0.3, 0.4) is 0 Å². The number of hydrogen-bond donors (Lipinski definition) is 1. The lowest BCUT2D eigenvalue weighted by atomic mass is 10.2. The Morgan fingerprint density at radius 2 is 2.09 bits per heavy atom. The van der Waals surface area contributed by atoms with E-state index in [-0.39, 0.29) is 0 Å². The Morgan fingerprint density at radius 3 is 2.73 bits per heavy atom. The molecule has 0 aromatic rings. The van der Waals surface area contributed by atoms with E-state index in [9.17, 15) is 0 Å². The first-order chi connectivity index (χ1) is 5.43. The Kier molecular flexibility index (Phi) is 3.99. The molecule has 1 rings (SSSR count). The molecule has 0 fully saturated rings. The van der Waals surface area contributed by atoms with Gasteiger partial charge in [0, 0.05) is 5.92 Å². The van der Waals surface area contributed by atoms with E-state index in [0.717, 1.165) is 6.54 Å². The number of allylic oxidation sites excluding steroid dienone is 2. The molecule has 0 bridgehead atoms. The molecule has 1 aliphatic rings. The molecule has 0 atom stereocenters. The van der Waals surface area contributed by atoms with E-state index >= 15 is 0 Å². The third-order valence-corrected chi connectivity index (χ3v) is 1.67. The summed E-state index contributed by atoms with van der Waals surface area (Å²) in [5, 5.41) is 3.18. The van der Waals surface area contributed by atoms with E-state index in [1.165, 1.54) is 12.8 Å². The molecule has 1 heteroatoms. The van der Waals surface area contributed by atoms with E-state index < -0.39 is 0 Å². The summed E-state index contributed by atoms with van der Waals surface area (Å²) in [6.45, 7) is 6.43. The normalized spacial score (nSPS) is 16.5. The summed E-state index contributed by atoms with van der Waals surface area (Å²) in [5.41, 5.74) is 0. The fourth-order valence-electron chi connectivity index (χ4n) is 0.983. The third-order valence-electron chi connectivity index (χ3n) is 1.67. The second-order valence-electron chi connectivity index (χ2n) is 2.72. The van der Waals surface area contributed by atoms with Gasteiger partial charge in [0.2, 0.25) is 0 Å². The van der Waals surface area contributed by atoms with Gasteiger partial charge in [0.1, 0.15) is 0 Å². The summed E-state index contributed by atoms with van der Waals surface area (Å²) >= 11 is 0. The molecule has 0 saturated carbocycles. The number of nitrogens with one attached hydrogen (secondary N) is 1. The van der Waals surface area contributed by atoms with Crippen LogP contribution in [-0.2, 0) is 0 Å². The van der Waals surface area contributed by atoms with Gasteiger partial charge in [0.15, 0.2) is 0 Å². The minimum atomic E-state index is 0.395. The van der Waals surface area contributed by atoms with Crippen LogP contribution in [0.15, 0.2) is 24.3 Å². The fraction of sp³-hybridized carbons (Fsp3) is 0.500. The summed E-state index contributed by atoms with van der Waals surface area (Å²) in [7, 11) is 0. The summed E-state index contributed by atoms with van der Waals surface area (Å²) in [6.07, 6.45) is 10.8. The second kappa shape index (κ2) is 5.14. The average molecular weight is 149 g/mol. The number of hydrogen-bond acceptors (Lipinski definition) is 1. The van der Waals surface area contributed by atoms with Crippen LogP contribution in [0.25, 0.3) is 0 Å². The van der Waals surface area contributed by atoms with Crippen LogP contribution >= 0.6 is 0 Å². The van der Waals surface area contributed by atoms with Crippen LogP contribution in [0, 0.1) is 12.5 Å². The van der Waals surface area contributed by atoms with Crippen molar-refractivity contribution in [2.45, 2.75) is 19.8 Å². The van der Waals surface area contributed by atoms with Crippen molar-refractivity contribution in [3.8, 4) is 0 Å². The molecule has 0 aliphatic heterocycles. The van der Waals surface area contributed by atoms with Crippen molar-refractivity contribution in [1.29, 1.82) is 0 Å².